The number of benzene rings is 1. The summed E-state index contributed by atoms with van der Waals surface area (Å²) in [5, 5.41) is 12.5. The number of nitrogens with zero attached hydrogens (tertiary/aromatic N) is 1. The third-order valence-electron chi connectivity index (χ3n) is 3.51. The van der Waals surface area contributed by atoms with Gasteiger partial charge < -0.3 is 10.4 Å². The normalized spacial score (nSPS) is 21.3. The van der Waals surface area contributed by atoms with Crippen LogP contribution in [0.4, 0.5) is 5.69 Å². The minimum absolute atomic E-state index is 0.00959. The molecule has 1 heterocycles. The van der Waals surface area contributed by atoms with Crippen molar-refractivity contribution in [2.45, 2.75) is 19.4 Å². The molecule has 2 rings (SSSR count). The van der Waals surface area contributed by atoms with Gasteiger partial charge in [-0.05, 0) is 60.5 Å². The zero-order valence-electron chi connectivity index (χ0n) is 11.0. The second-order valence-electron chi connectivity index (χ2n) is 5.05. The first-order valence-electron chi connectivity index (χ1n) is 6.51. The molecule has 0 bridgehead atoms. The number of hydrogen-bond donors (Lipinski definition) is 2. The zero-order chi connectivity index (χ0) is 13.8. The second kappa shape index (κ2) is 6.67. The number of hydrogen-bond acceptors (Lipinski definition) is 3. The maximum atomic E-state index is 12.0. The summed E-state index contributed by atoms with van der Waals surface area (Å²) in [4.78, 5) is 14.1. The van der Waals surface area contributed by atoms with Crippen LogP contribution in [0.3, 0.4) is 0 Å². The molecule has 1 aromatic carbocycles. The van der Waals surface area contributed by atoms with Gasteiger partial charge in [-0.1, -0.05) is 12.1 Å². The number of carbonyl (C=O) groups is 1. The third-order valence-corrected chi connectivity index (χ3v) is 4.45. The predicted molar refractivity (Wildman–Crippen MR) is 84.0 cm³/mol. The summed E-state index contributed by atoms with van der Waals surface area (Å²) in [6.45, 7) is 3.90. The van der Waals surface area contributed by atoms with E-state index in [4.69, 9.17) is 0 Å². The number of amides is 1. The molecule has 1 aliphatic heterocycles. The van der Waals surface area contributed by atoms with E-state index in [2.05, 4.69) is 32.8 Å². The van der Waals surface area contributed by atoms with Crippen LogP contribution in [0.2, 0.25) is 0 Å². The van der Waals surface area contributed by atoms with Crippen molar-refractivity contribution in [3.05, 3.63) is 27.8 Å². The number of aliphatic hydroxyl groups excluding tert-OH is 1. The smallest absolute Gasteiger partial charge is 0.238 e. The molecule has 0 spiro atoms. The maximum Gasteiger partial charge on any atom is 0.238 e. The average Bonchev–Trinajstić information content (AvgIpc) is 2.80. The lowest BCUT2D eigenvalue weighted by Gasteiger charge is -2.17. The number of halogens is 1. The molecule has 1 aromatic rings. The molecule has 1 aliphatic rings. The molecule has 1 saturated heterocycles. The van der Waals surface area contributed by atoms with E-state index in [1.165, 1.54) is 0 Å². The SMILES string of the molecule is CC(O)C1CCN(CC(=O)Nc2ccccc2I)C1. The van der Waals surface area contributed by atoms with Crippen LogP contribution in [0.15, 0.2) is 24.3 Å². The van der Waals surface area contributed by atoms with Crippen molar-refractivity contribution in [2.75, 3.05) is 25.0 Å². The minimum atomic E-state index is -0.289. The molecular weight excluding hydrogens is 355 g/mol. The molecular formula is C14H19IN2O2. The first-order chi connectivity index (χ1) is 9.06. The molecule has 19 heavy (non-hydrogen) atoms. The van der Waals surface area contributed by atoms with Crippen LogP contribution in [0.25, 0.3) is 0 Å². The number of carbonyl (C=O) groups excluding carboxylic acids is 1. The highest BCUT2D eigenvalue weighted by Crippen LogP contribution is 2.20. The van der Waals surface area contributed by atoms with Crippen molar-refractivity contribution >= 4 is 34.2 Å². The van der Waals surface area contributed by atoms with Gasteiger partial charge in [-0.3, -0.25) is 9.69 Å². The van der Waals surface area contributed by atoms with E-state index < -0.39 is 0 Å². The Bertz CT molecular complexity index is 451. The van der Waals surface area contributed by atoms with Gasteiger partial charge >= 0.3 is 0 Å². The Labute approximate surface area is 127 Å². The van der Waals surface area contributed by atoms with Gasteiger partial charge in [-0.2, -0.15) is 0 Å². The highest BCUT2D eigenvalue weighted by Gasteiger charge is 2.27. The number of nitrogens with one attached hydrogen (secondary N) is 1. The number of para-hydroxylation sites is 1. The molecule has 0 aromatic heterocycles. The van der Waals surface area contributed by atoms with E-state index >= 15 is 0 Å². The summed E-state index contributed by atoms with van der Waals surface area (Å²) in [5.74, 6) is 0.306. The first kappa shape index (κ1) is 14.7. The van der Waals surface area contributed by atoms with Crippen molar-refractivity contribution in [1.29, 1.82) is 0 Å². The lowest BCUT2D eigenvalue weighted by Crippen LogP contribution is -2.32. The van der Waals surface area contributed by atoms with E-state index in [9.17, 15) is 9.90 Å². The second-order valence-corrected chi connectivity index (χ2v) is 6.21. The Balaban J connectivity index is 1.84. The molecule has 0 radical (unpaired) electrons. The van der Waals surface area contributed by atoms with Crippen molar-refractivity contribution in [3.63, 3.8) is 0 Å². The fraction of sp³-hybridized carbons (Fsp3) is 0.500. The molecule has 1 amide bonds. The van der Waals surface area contributed by atoms with Gasteiger partial charge in [0, 0.05) is 10.1 Å². The standard InChI is InChI=1S/C14H19IN2O2/c1-10(18)11-6-7-17(8-11)9-14(19)16-13-5-3-2-4-12(13)15/h2-5,10-11,18H,6-9H2,1H3,(H,16,19). The Morgan fingerprint density at radius 1 is 1.58 bits per heavy atom. The average molecular weight is 374 g/mol. The fourth-order valence-electron chi connectivity index (χ4n) is 2.36. The summed E-state index contributed by atoms with van der Waals surface area (Å²) in [6.07, 6.45) is 0.677. The van der Waals surface area contributed by atoms with Crippen molar-refractivity contribution in [2.24, 2.45) is 5.92 Å². The van der Waals surface area contributed by atoms with Crippen LogP contribution in [-0.2, 0) is 4.79 Å². The fourth-order valence-corrected chi connectivity index (χ4v) is 2.88. The highest BCUT2D eigenvalue weighted by molar-refractivity contribution is 14.1. The van der Waals surface area contributed by atoms with E-state index in [-0.39, 0.29) is 12.0 Å². The molecule has 0 aliphatic carbocycles. The number of likely N-dealkylation sites (tertiary alicyclic amines) is 1. The van der Waals surface area contributed by atoms with Gasteiger partial charge in [-0.15, -0.1) is 0 Å². The van der Waals surface area contributed by atoms with Crippen molar-refractivity contribution in [3.8, 4) is 0 Å². The third kappa shape index (κ3) is 4.15. The number of anilines is 1. The summed E-state index contributed by atoms with van der Waals surface area (Å²) in [6, 6.07) is 7.74. The minimum Gasteiger partial charge on any atom is -0.393 e. The quantitative estimate of drug-likeness (QED) is 0.793. The van der Waals surface area contributed by atoms with E-state index in [0.29, 0.717) is 12.5 Å². The predicted octanol–water partition coefficient (Wildman–Crippen LogP) is 1.93. The summed E-state index contributed by atoms with van der Waals surface area (Å²) < 4.78 is 1.04. The van der Waals surface area contributed by atoms with Crippen LogP contribution >= 0.6 is 22.6 Å². The topological polar surface area (TPSA) is 52.6 Å². The molecule has 2 unspecified atom stereocenters. The van der Waals surface area contributed by atoms with E-state index in [0.717, 1.165) is 28.8 Å². The Kier molecular flexibility index (Phi) is 5.18. The van der Waals surface area contributed by atoms with Gasteiger partial charge in [0.1, 0.15) is 0 Å². The van der Waals surface area contributed by atoms with Crippen LogP contribution in [-0.4, -0.2) is 41.7 Å². The maximum absolute atomic E-state index is 12.0. The van der Waals surface area contributed by atoms with Gasteiger partial charge in [-0.25, -0.2) is 0 Å². The molecule has 0 saturated carbocycles. The summed E-state index contributed by atoms with van der Waals surface area (Å²) in [5.41, 5.74) is 0.861. The number of aliphatic hydroxyl groups is 1. The molecule has 4 nitrogen and oxygen atoms in total. The Hall–Kier alpha value is -0.660. The lowest BCUT2D eigenvalue weighted by molar-refractivity contribution is -0.117. The van der Waals surface area contributed by atoms with E-state index in [1.54, 1.807) is 0 Å². The Morgan fingerprint density at radius 2 is 2.32 bits per heavy atom. The van der Waals surface area contributed by atoms with Gasteiger partial charge in [0.05, 0.1) is 18.3 Å². The van der Waals surface area contributed by atoms with Crippen LogP contribution in [0, 0.1) is 9.49 Å². The summed E-state index contributed by atoms with van der Waals surface area (Å²) in [7, 11) is 0. The molecule has 5 heteroatoms. The van der Waals surface area contributed by atoms with Crippen LogP contribution in [0.5, 0.6) is 0 Å². The monoisotopic (exact) mass is 374 g/mol. The van der Waals surface area contributed by atoms with Crippen LogP contribution in [0.1, 0.15) is 13.3 Å². The van der Waals surface area contributed by atoms with Gasteiger partial charge in [0.25, 0.3) is 0 Å². The lowest BCUT2D eigenvalue weighted by atomic mass is 10.0. The molecule has 104 valence electrons. The van der Waals surface area contributed by atoms with Gasteiger partial charge in [0.15, 0.2) is 0 Å². The van der Waals surface area contributed by atoms with E-state index in [1.807, 2.05) is 31.2 Å². The highest BCUT2D eigenvalue weighted by atomic mass is 127. The first-order valence-corrected chi connectivity index (χ1v) is 7.59. The molecule has 2 atom stereocenters. The number of rotatable bonds is 4. The largest absolute Gasteiger partial charge is 0.393 e. The van der Waals surface area contributed by atoms with Crippen molar-refractivity contribution in [1.82, 2.24) is 4.90 Å². The summed E-state index contributed by atoms with van der Waals surface area (Å²) >= 11 is 2.21. The van der Waals surface area contributed by atoms with Gasteiger partial charge in [0.2, 0.25) is 5.91 Å². The zero-order valence-corrected chi connectivity index (χ0v) is 13.1. The van der Waals surface area contributed by atoms with Crippen molar-refractivity contribution < 1.29 is 9.90 Å². The van der Waals surface area contributed by atoms with Crippen LogP contribution < -0.4 is 5.32 Å². The molecule has 2 N–H and O–H groups in total. The Morgan fingerprint density at radius 3 is 2.95 bits per heavy atom. The molecule has 1 fully saturated rings.